The minimum Gasteiger partial charge on any atom is -0.388 e. The average Bonchev–Trinajstić information content (AvgIpc) is 3.17. The molecule has 2 fully saturated rings. The van der Waals surface area contributed by atoms with Crippen LogP contribution in [-0.2, 0) is 9.47 Å². The number of anilines is 1. The fourth-order valence-corrected chi connectivity index (χ4v) is 3.67. The molecular weight excluding hydrogens is 355 g/mol. The number of carbonyl (C=O) groups excluding carboxylic acids is 1. The lowest BCUT2D eigenvalue weighted by Crippen LogP contribution is -2.59. The molecule has 3 N–H and O–H groups in total. The van der Waals surface area contributed by atoms with Gasteiger partial charge in [0.15, 0.2) is 6.29 Å². The van der Waals surface area contributed by atoms with E-state index in [0.717, 1.165) is 11.4 Å². The number of halogens is 1. The first-order valence-electron chi connectivity index (χ1n) is 8.73. The van der Waals surface area contributed by atoms with Crippen LogP contribution in [0.2, 0.25) is 0 Å². The van der Waals surface area contributed by atoms with Gasteiger partial charge in [-0.25, -0.2) is 9.18 Å². The second kappa shape index (κ2) is 6.91. The lowest BCUT2D eigenvalue weighted by atomic mass is 9.96. The molecule has 0 radical (unpaired) electrons. The Morgan fingerprint density at radius 3 is 2.89 bits per heavy atom. The summed E-state index contributed by atoms with van der Waals surface area (Å²) in [5.41, 5.74) is 1.99. The van der Waals surface area contributed by atoms with Crippen LogP contribution in [0.25, 0.3) is 0 Å². The number of aliphatic hydroxyl groups excluding tert-OH is 1. The molecule has 0 aliphatic carbocycles. The maximum atomic E-state index is 13.3. The molecular formula is C18H21FN4O4. The molecule has 2 aliphatic rings. The molecule has 2 amide bonds. The van der Waals surface area contributed by atoms with E-state index < -0.39 is 42.4 Å². The Morgan fingerprint density at radius 1 is 1.37 bits per heavy atom. The zero-order valence-electron chi connectivity index (χ0n) is 14.9. The van der Waals surface area contributed by atoms with Crippen LogP contribution in [0.1, 0.15) is 17.4 Å². The standard InChI is InChI=1S/C18H21FN4O4/c1-9-6-10(2)23(22-9)15-16(24)14(13-8-26-17(15)27-13)21-18(25)20-12-5-3-4-11(19)7-12/h3-7,13-17,24H,8H2,1-2H3,(H2,20,21,25)/t13-,14-,15-,16+,17-/m1/s1. The van der Waals surface area contributed by atoms with E-state index in [0.29, 0.717) is 5.69 Å². The molecule has 1 aromatic heterocycles. The number of hydrogen-bond donors (Lipinski definition) is 3. The third-order valence-corrected chi connectivity index (χ3v) is 4.84. The van der Waals surface area contributed by atoms with E-state index in [2.05, 4.69) is 15.7 Å². The summed E-state index contributed by atoms with van der Waals surface area (Å²) < 4.78 is 26.4. The van der Waals surface area contributed by atoms with Crippen LogP contribution < -0.4 is 10.6 Å². The van der Waals surface area contributed by atoms with Crippen LogP contribution in [0.15, 0.2) is 30.3 Å². The van der Waals surface area contributed by atoms with Gasteiger partial charge >= 0.3 is 6.03 Å². The van der Waals surface area contributed by atoms with E-state index in [9.17, 15) is 14.3 Å². The number of hydrogen-bond acceptors (Lipinski definition) is 5. The number of urea groups is 1. The molecule has 144 valence electrons. The van der Waals surface area contributed by atoms with Gasteiger partial charge < -0.3 is 25.2 Å². The van der Waals surface area contributed by atoms with Gasteiger partial charge in [0.1, 0.15) is 24.1 Å². The Bertz CT molecular complexity index is 858. The molecule has 0 spiro atoms. The first kappa shape index (κ1) is 17.9. The second-order valence-corrected chi connectivity index (χ2v) is 6.86. The van der Waals surface area contributed by atoms with Gasteiger partial charge in [0, 0.05) is 11.4 Å². The molecule has 0 saturated carbocycles. The molecule has 27 heavy (non-hydrogen) atoms. The highest BCUT2D eigenvalue weighted by Gasteiger charge is 2.52. The second-order valence-electron chi connectivity index (χ2n) is 6.86. The predicted molar refractivity (Wildman–Crippen MR) is 93.7 cm³/mol. The lowest BCUT2D eigenvalue weighted by molar-refractivity contribution is -0.166. The van der Waals surface area contributed by atoms with Crippen molar-refractivity contribution in [2.75, 3.05) is 11.9 Å². The number of aliphatic hydroxyl groups is 1. The Balaban J connectivity index is 1.52. The minimum atomic E-state index is -0.965. The highest BCUT2D eigenvalue weighted by atomic mass is 19.1. The summed E-state index contributed by atoms with van der Waals surface area (Å²) in [6.45, 7) is 4.00. The van der Waals surface area contributed by atoms with Crippen LogP contribution >= 0.6 is 0 Å². The average molecular weight is 376 g/mol. The van der Waals surface area contributed by atoms with Crippen molar-refractivity contribution < 1.29 is 23.8 Å². The number of benzene rings is 1. The molecule has 4 rings (SSSR count). The van der Waals surface area contributed by atoms with Crippen molar-refractivity contribution in [1.82, 2.24) is 15.1 Å². The fourth-order valence-electron chi connectivity index (χ4n) is 3.67. The highest BCUT2D eigenvalue weighted by molar-refractivity contribution is 5.89. The van der Waals surface area contributed by atoms with Crippen molar-refractivity contribution in [3.05, 3.63) is 47.5 Å². The monoisotopic (exact) mass is 376 g/mol. The van der Waals surface area contributed by atoms with Gasteiger partial charge in [-0.3, -0.25) is 4.68 Å². The fraction of sp³-hybridized carbons (Fsp3) is 0.444. The largest absolute Gasteiger partial charge is 0.388 e. The van der Waals surface area contributed by atoms with Crippen molar-refractivity contribution in [1.29, 1.82) is 0 Å². The van der Waals surface area contributed by atoms with Gasteiger partial charge in [0.2, 0.25) is 0 Å². The number of carbonyl (C=O) groups is 1. The third-order valence-electron chi connectivity index (χ3n) is 4.84. The summed E-state index contributed by atoms with van der Waals surface area (Å²) >= 11 is 0. The predicted octanol–water partition coefficient (Wildman–Crippen LogP) is 1.49. The van der Waals surface area contributed by atoms with Gasteiger partial charge in [-0.1, -0.05) is 6.07 Å². The maximum absolute atomic E-state index is 13.3. The van der Waals surface area contributed by atoms with Gasteiger partial charge in [-0.2, -0.15) is 5.10 Å². The summed E-state index contributed by atoms with van der Waals surface area (Å²) in [5, 5.41) is 20.6. The van der Waals surface area contributed by atoms with E-state index in [1.54, 1.807) is 10.7 Å². The molecule has 2 bridgehead atoms. The number of nitrogens with zero attached hydrogens (tertiary/aromatic N) is 2. The molecule has 2 aromatic rings. The number of ether oxygens (including phenoxy) is 2. The van der Waals surface area contributed by atoms with E-state index in [-0.39, 0.29) is 6.61 Å². The van der Waals surface area contributed by atoms with E-state index in [4.69, 9.17) is 9.47 Å². The van der Waals surface area contributed by atoms with Crippen LogP contribution in [0.5, 0.6) is 0 Å². The number of nitrogens with one attached hydrogen (secondary N) is 2. The van der Waals surface area contributed by atoms with E-state index >= 15 is 0 Å². The van der Waals surface area contributed by atoms with E-state index in [1.807, 2.05) is 19.9 Å². The normalized spacial score (nSPS) is 29.6. The van der Waals surface area contributed by atoms with Gasteiger partial charge in [0.25, 0.3) is 0 Å². The van der Waals surface area contributed by atoms with Crippen molar-refractivity contribution in [3.63, 3.8) is 0 Å². The SMILES string of the molecule is Cc1cc(C)n([C@H]2[C@@H]3OC[C@@H](O3)[C@@H](NC(=O)Nc3cccc(F)c3)[C@@H]2O)n1. The molecule has 2 aliphatic heterocycles. The molecule has 9 heteroatoms. The number of amides is 2. The van der Waals surface area contributed by atoms with Crippen LogP contribution in [0, 0.1) is 19.7 Å². The highest BCUT2D eigenvalue weighted by Crippen LogP contribution is 2.36. The van der Waals surface area contributed by atoms with Gasteiger partial charge in [-0.05, 0) is 38.1 Å². The first-order chi connectivity index (χ1) is 12.9. The quantitative estimate of drug-likeness (QED) is 0.754. The van der Waals surface area contributed by atoms with Crippen LogP contribution in [0.3, 0.4) is 0 Å². The van der Waals surface area contributed by atoms with Gasteiger partial charge in [0.05, 0.1) is 18.3 Å². The Hall–Kier alpha value is -2.49. The smallest absolute Gasteiger partial charge is 0.319 e. The maximum Gasteiger partial charge on any atom is 0.319 e. The van der Waals surface area contributed by atoms with Crippen LogP contribution in [-0.4, -0.2) is 52.1 Å². The van der Waals surface area contributed by atoms with E-state index in [1.165, 1.54) is 18.2 Å². The van der Waals surface area contributed by atoms with Crippen molar-refractivity contribution in [2.24, 2.45) is 0 Å². The lowest BCUT2D eigenvalue weighted by Gasteiger charge is -2.39. The Kier molecular flexibility index (Phi) is 4.58. The number of aryl methyl sites for hydroxylation is 2. The summed E-state index contributed by atoms with van der Waals surface area (Å²) in [4.78, 5) is 12.4. The van der Waals surface area contributed by atoms with Gasteiger partial charge in [-0.15, -0.1) is 0 Å². The summed E-state index contributed by atoms with van der Waals surface area (Å²) in [6, 6.07) is 5.61. The Labute approximate surface area is 155 Å². The third kappa shape index (κ3) is 3.41. The topological polar surface area (TPSA) is 97.6 Å². The Morgan fingerprint density at radius 2 is 2.19 bits per heavy atom. The number of fused-ring (bicyclic) bond motifs is 2. The number of aromatic nitrogens is 2. The van der Waals surface area contributed by atoms with Crippen molar-refractivity contribution >= 4 is 11.7 Å². The van der Waals surface area contributed by atoms with Crippen molar-refractivity contribution in [2.45, 2.75) is 44.4 Å². The van der Waals surface area contributed by atoms with Crippen molar-refractivity contribution in [3.8, 4) is 0 Å². The molecule has 0 unspecified atom stereocenters. The minimum absolute atomic E-state index is 0.252. The summed E-state index contributed by atoms with van der Waals surface area (Å²) in [7, 11) is 0. The molecule has 8 nitrogen and oxygen atoms in total. The first-order valence-corrected chi connectivity index (χ1v) is 8.73. The molecule has 1 aromatic carbocycles. The zero-order valence-corrected chi connectivity index (χ0v) is 14.9. The zero-order chi connectivity index (χ0) is 19.1. The molecule has 2 saturated heterocycles. The van der Waals surface area contributed by atoms with Crippen LogP contribution in [0.4, 0.5) is 14.9 Å². The molecule has 3 heterocycles. The summed E-state index contributed by atoms with van der Waals surface area (Å²) in [6.07, 6.45) is -2.07. The molecule has 5 atom stereocenters. The summed E-state index contributed by atoms with van der Waals surface area (Å²) in [5.74, 6) is -0.453. The number of rotatable bonds is 3.